The van der Waals surface area contributed by atoms with Crippen LogP contribution in [0.3, 0.4) is 0 Å². The fraction of sp³-hybridized carbons (Fsp3) is 0.267. The maximum atomic E-state index is 11.1. The Morgan fingerprint density at radius 1 is 1.11 bits per heavy atom. The zero-order valence-corrected chi connectivity index (χ0v) is 10.4. The van der Waals surface area contributed by atoms with Crippen LogP contribution in [0.2, 0.25) is 0 Å². The number of benzene rings is 2. The van der Waals surface area contributed by atoms with Crippen molar-refractivity contribution in [3.63, 3.8) is 0 Å². The molecule has 2 unspecified atom stereocenters. The molecule has 100 valence electrons. The summed E-state index contributed by atoms with van der Waals surface area (Å²) >= 11 is 0. The third kappa shape index (κ3) is 2.66. The Morgan fingerprint density at radius 3 is 2.53 bits per heavy atom. The van der Waals surface area contributed by atoms with Crippen LogP contribution in [-0.4, -0.2) is 34.3 Å². The van der Waals surface area contributed by atoms with Gasteiger partial charge >= 0.3 is 0 Å². The van der Waals surface area contributed by atoms with Crippen molar-refractivity contribution in [3.8, 4) is 0 Å². The summed E-state index contributed by atoms with van der Waals surface area (Å²) in [4.78, 5) is 11.1. The van der Waals surface area contributed by atoms with E-state index in [1.807, 2.05) is 18.2 Å². The van der Waals surface area contributed by atoms with E-state index >= 15 is 0 Å². The van der Waals surface area contributed by atoms with E-state index < -0.39 is 12.2 Å². The molecule has 0 bridgehead atoms. The first-order valence-corrected chi connectivity index (χ1v) is 6.13. The Labute approximate surface area is 110 Å². The molecule has 2 aromatic rings. The van der Waals surface area contributed by atoms with Gasteiger partial charge < -0.3 is 15.3 Å². The molecule has 2 rings (SSSR count). The lowest BCUT2D eigenvalue weighted by atomic mass is 9.92. The van der Waals surface area contributed by atoms with Gasteiger partial charge in [0.1, 0.15) is 12.4 Å². The van der Waals surface area contributed by atoms with E-state index in [9.17, 15) is 15.0 Å². The second-order valence-corrected chi connectivity index (χ2v) is 4.43. The van der Waals surface area contributed by atoms with Crippen molar-refractivity contribution in [2.75, 3.05) is 6.61 Å². The molecule has 0 aromatic heterocycles. The van der Waals surface area contributed by atoms with Gasteiger partial charge in [0, 0.05) is 17.7 Å². The molecule has 0 aliphatic carbocycles. The summed E-state index contributed by atoms with van der Waals surface area (Å²) in [6.07, 6.45) is -1.58. The van der Waals surface area contributed by atoms with E-state index in [0.29, 0.717) is 17.4 Å². The molecule has 0 aliphatic heterocycles. The van der Waals surface area contributed by atoms with E-state index in [-0.39, 0.29) is 13.0 Å². The van der Waals surface area contributed by atoms with Gasteiger partial charge in [-0.25, -0.2) is 0 Å². The monoisotopic (exact) mass is 260 g/mol. The minimum atomic E-state index is -1.20. The van der Waals surface area contributed by atoms with Crippen LogP contribution >= 0.6 is 0 Å². The van der Waals surface area contributed by atoms with E-state index in [2.05, 4.69) is 0 Å². The third-order valence-corrected chi connectivity index (χ3v) is 3.22. The van der Waals surface area contributed by atoms with Crippen molar-refractivity contribution in [1.29, 1.82) is 0 Å². The molecule has 2 atom stereocenters. The van der Waals surface area contributed by atoms with Gasteiger partial charge in [-0.3, -0.25) is 4.79 Å². The van der Waals surface area contributed by atoms with Gasteiger partial charge in [-0.1, -0.05) is 36.4 Å². The molecule has 0 fully saturated rings. The lowest BCUT2D eigenvalue weighted by molar-refractivity contribution is 0.00475. The highest BCUT2D eigenvalue weighted by Gasteiger charge is 2.22. The minimum Gasteiger partial charge on any atom is -0.396 e. The predicted molar refractivity (Wildman–Crippen MR) is 72.0 cm³/mol. The van der Waals surface area contributed by atoms with Crippen LogP contribution in [0.15, 0.2) is 36.4 Å². The van der Waals surface area contributed by atoms with Crippen molar-refractivity contribution < 1.29 is 20.1 Å². The number of hydrogen-bond donors (Lipinski definition) is 3. The van der Waals surface area contributed by atoms with Gasteiger partial charge in [0.25, 0.3) is 0 Å². The number of carbonyl (C=O) groups is 1. The Kier molecular flexibility index (Phi) is 4.27. The molecule has 0 heterocycles. The number of carbonyl (C=O) groups excluding carboxylic acids is 1. The quantitative estimate of drug-likeness (QED) is 0.711. The predicted octanol–water partition coefficient (Wildman–Crippen LogP) is 1.43. The fourth-order valence-corrected chi connectivity index (χ4v) is 2.23. The van der Waals surface area contributed by atoms with Crippen LogP contribution in [0, 0.1) is 0 Å². The van der Waals surface area contributed by atoms with Crippen molar-refractivity contribution in [2.45, 2.75) is 18.6 Å². The molecule has 4 heteroatoms. The zero-order valence-electron chi connectivity index (χ0n) is 10.4. The van der Waals surface area contributed by atoms with Gasteiger partial charge in [0.05, 0.1) is 6.10 Å². The minimum absolute atomic E-state index is 0.0582. The number of fused-ring (bicyclic) bond motifs is 1. The van der Waals surface area contributed by atoms with Gasteiger partial charge in [0.15, 0.2) is 0 Å². The molecule has 0 radical (unpaired) electrons. The molecule has 0 saturated carbocycles. The number of aliphatic hydroxyl groups is 3. The van der Waals surface area contributed by atoms with E-state index in [1.54, 1.807) is 18.2 Å². The first kappa shape index (κ1) is 13.7. The molecule has 19 heavy (non-hydrogen) atoms. The Bertz CT molecular complexity index is 579. The van der Waals surface area contributed by atoms with Gasteiger partial charge in [0.2, 0.25) is 0 Å². The average molecular weight is 260 g/mol. The highest BCUT2D eigenvalue weighted by Crippen LogP contribution is 2.30. The maximum Gasteiger partial charge on any atom is 0.150 e. The van der Waals surface area contributed by atoms with E-state index in [1.165, 1.54) is 0 Å². The first-order valence-electron chi connectivity index (χ1n) is 6.13. The van der Waals surface area contributed by atoms with Gasteiger partial charge in [-0.05, 0) is 17.2 Å². The van der Waals surface area contributed by atoms with Crippen LogP contribution in [0.4, 0.5) is 0 Å². The Morgan fingerprint density at radius 2 is 1.84 bits per heavy atom. The van der Waals surface area contributed by atoms with Gasteiger partial charge in [-0.15, -0.1) is 0 Å². The molecule has 2 aromatic carbocycles. The number of hydrogen-bond acceptors (Lipinski definition) is 4. The molecule has 3 N–H and O–H groups in total. The van der Waals surface area contributed by atoms with Crippen molar-refractivity contribution in [1.82, 2.24) is 0 Å². The van der Waals surface area contributed by atoms with Gasteiger partial charge in [-0.2, -0.15) is 0 Å². The highest BCUT2D eigenvalue weighted by atomic mass is 16.3. The second kappa shape index (κ2) is 5.93. The molecule has 0 amide bonds. The molecule has 0 saturated heterocycles. The van der Waals surface area contributed by atoms with Crippen LogP contribution in [0.25, 0.3) is 10.8 Å². The van der Waals surface area contributed by atoms with Crippen LogP contribution in [0.5, 0.6) is 0 Å². The summed E-state index contributed by atoms with van der Waals surface area (Å²) in [5.74, 6) is 0. The summed E-state index contributed by atoms with van der Waals surface area (Å²) < 4.78 is 0. The number of aliphatic hydroxyl groups excluding tert-OH is 3. The summed E-state index contributed by atoms with van der Waals surface area (Å²) in [6.45, 7) is -0.223. The SMILES string of the molecule is O=Cc1ccc2ccccc2c1C(O)C(O)CCO. The van der Waals surface area contributed by atoms with Crippen molar-refractivity contribution in [3.05, 3.63) is 47.5 Å². The van der Waals surface area contributed by atoms with Crippen molar-refractivity contribution >= 4 is 17.1 Å². The topological polar surface area (TPSA) is 77.8 Å². The summed E-state index contributed by atoms with van der Waals surface area (Å²) in [5, 5.41) is 30.5. The molecular formula is C15H16O4. The summed E-state index contributed by atoms with van der Waals surface area (Å²) in [6, 6.07) is 10.8. The third-order valence-electron chi connectivity index (χ3n) is 3.22. The van der Waals surface area contributed by atoms with Crippen LogP contribution in [-0.2, 0) is 0 Å². The average Bonchev–Trinajstić information content (AvgIpc) is 2.45. The maximum absolute atomic E-state index is 11.1. The lowest BCUT2D eigenvalue weighted by Gasteiger charge is -2.20. The molecule has 0 spiro atoms. The Balaban J connectivity index is 2.58. The number of rotatable bonds is 5. The van der Waals surface area contributed by atoms with E-state index in [0.717, 1.165) is 10.8 Å². The fourth-order valence-electron chi connectivity index (χ4n) is 2.23. The highest BCUT2D eigenvalue weighted by molar-refractivity contribution is 5.93. The Hall–Kier alpha value is -1.75. The normalized spacial score (nSPS) is 14.3. The van der Waals surface area contributed by atoms with Crippen LogP contribution in [0.1, 0.15) is 28.4 Å². The zero-order chi connectivity index (χ0) is 13.8. The molecule has 4 nitrogen and oxygen atoms in total. The summed E-state index contributed by atoms with van der Waals surface area (Å²) in [5.41, 5.74) is 0.761. The summed E-state index contributed by atoms with van der Waals surface area (Å²) in [7, 11) is 0. The van der Waals surface area contributed by atoms with Crippen molar-refractivity contribution in [2.24, 2.45) is 0 Å². The smallest absolute Gasteiger partial charge is 0.150 e. The lowest BCUT2D eigenvalue weighted by Crippen LogP contribution is -2.21. The largest absolute Gasteiger partial charge is 0.396 e. The van der Waals surface area contributed by atoms with Crippen LogP contribution < -0.4 is 0 Å². The van der Waals surface area contributed by atoms with E-state index in [4.69, 9.17) is 5.11 Å². The molecular weight excluding hydrogens is 244 g/mol. The standard InChI is InChI=1S/C15H16O4/c16-8-7-13(18)15(19)14-11(9-17)6-5-10-3-1-2-4-12(10)14/h1-6,9,13,15-16,18-19H,7-8H2. The number of aldehydes is 1. The second-order valence-electron chi connectivity index (χ2n) is 4.43. The molecule has 0 aliphatic rings. The first-order chi connectivity index (χ1) is 9.19.